The summed E-state index contributed by atoms with van der Waals surface area (Å²) in [5, 5.41) is 3.83. The number of likely N-dealkylation sites (tertiary alicyclic amines) is 1. The summed E-state index contributed by atoms with van der Waals surface area (Å²) in [6.45, 7) is 5.65. The second-order valence-electron chi connectivity index (χ2n) is 5.39. The average Bonchev–Trinajstić information content (AvgIpc) is 2.29. The molecule has 2 aliphatic heterocycles. The summed E-state index contributed by atoms with van der Waals surface area (Å²) in [4.78, 5) is 2.44. The monoisotopic (exact) mass is 226 g/mol. The molecule has 0 aromatic rings. The summed E-state index contributed by atoms with van der Waals surface area (Å²) in [5.41, 5.74) is 0. The minimum absolute atomic E-state index is 0.493. The maximum Gasteiger partial charge on any atom is 0.0587 e. The van der Waals surface area contributed by atoms with Crippen molar-refractivity contribution < 1.29 is 4.74 Å². The standard InChI is InChI=1S/C13H26N2O/c1-3-13-9-11(6-8-16-13)14-12-5-4-7-15(2)10-12/h11-14H,3-10H2,1-2H3. The van der Waals surface area contributed by atoms with Gasteiger partial charge in [-0.05, 0) is 45.7 Å². The van der Waals surface area contributed by atoms with Gasteiger partial charge < -0.3 is 15.0 Å². The first kappa shape index (κ1) is 12.3. The lowest BCUT2D eigenvalue weighted by Gasteiger charge is -2.36. The summed E-state index contributed by atoms with van der Waals surface area (Å²) in [7, 11) is 2.23. The van der Waals surface area contributed by atoms with Crippen LogP contribution in [0.3, 0.4) is 0 Å². The molecular formula is C13H26N2O. The van der Waals surface area contributed by atoms with E-state index in [0.717, 1.165) is 13.0 Å². The highest BCUT2D eigenvalue weighted by Crippen LogP contribution is 2.18. The largest absolute Gasteiger partial charge is 0.378 e. The van der Waals surface area contributed by atoms with Crippen LogP contribution in [0, 0.1) is 0 Å². The van der Waals surface area contributed by atoms with Gasteiger partial charge in [-0.3, -0.25) is 0 Å². The van der Waals surface area contributed by atoms with Crippen LogP contribution in [0.15, 0.2) is 0 Å². The van der Waals surface area contributed by atoms with Crippen LogP contribution in [0.4, 0.5) is 0 Å². The number of rotatable bonds is 3. The van der Waals surface area contributed by atoms with Gasteiger partial charge in [0.2, 0.25) is 0 Å². The quantitative estimate of drug-likeness (QED) is 0.791. The van der Waals surface area contributed by atoms with E-state index in [1.807, 2.05) is 0 Å². The van der Waals surface area contributed by atoms with Gasteiger partial charge in [-0.1, -0.05) is 6.92 Å². The molecule has 3 heteroatoms. The van der Waals surface area contributed by atoms with Crippen LogP contribution in [0.1, 0.15) is 39.0 Å². The van der Waals surface area contributed by atoms with Crippen LogP contribution in [0.25, 0.3) is 0 Å². The van der Waals surface area contributed by atoms with E-state index in [9.17, 15) is 0 Å². The highest BCUT2D eigenvalue weighted by Gasteiger charge is 2.25. The van der Waals surface area contributed by atoms with Crippen LogP contribution in [-0.4, -0.2) is 49.8 Å². The van der Waals surface area contributed by atoms with E-state index >= 15 is 0 Å². The van der Waals surface area contributed by atoms with E-state index in [4.69, 9.17) is 4.74 Å². The third kappa shape index (κ3) is 3.44. The summed E-state index contributed by atoms with van der Waals surface area (Å²) >= 11 is 0. The molecule has 3 nitrogen and oxygen atoms in total. The van der Waals surface area contributed by atoms with Crippen molar-refractivity contribution in [3.8, 4) is 0 Å². The Balaban J connectivity index is 1.75. The molecule has 0 aromatic carbocycles. The number of hydrogen-bond donors (Lipinski definition) is 1. The highest BCUT2D eigenvalue weighted by atomic mass is 16.5. The van der Waals surface area contributed by atoms with Gasteiger partial charge in [0.1, 0.15) is 0 Å². The van der Waals surface area contributed by atoms with Gasteiger partial charge in [0.05, 0.1) is 6.10 Å². The van der Waals surface area contributed by atoms with Crippen molar-refractivity contribution in [2.75, 3.05) is 26.7 Å². The summed E-state index contributed by atoms with van der Waals surface area (Å²) in [5.74, 6) is 0. The van der Waals surface area contributed by atoms with Crippen molar-refractivity contribution in [2.24, 2.45) is 0 Å². The van der Waals surface area contributed by atoms with Gasteiger partial charge in [-0.15, -0.1) is 0 Å². The molecule has 2 rings (SSSR count). The zero-order chi connectivity index (χ0) is 11.4. The Labute approximate surface area is 99.5 Å². The zero-order valence-corrected chi connectivity index (χ0v) is 10.7. The van der Waals surface area contributed by atoms with Crippen molar-refractivity contribution in [3.05, 3.63) is 0 Å². The number of nitrogens with zero attached hydrogens (tertiary/aromatic N) is 1. The van der Waals surface area contributed by atoms with Gasteiger partial charge in [0, 0.05) is 25.2 Å². The molecular weight excluding hydrogens is 200 g/mol. The number of likely N-dealkylation sites (N-methyl/N-ethyl adjacent to an activating group) is 1. The fraction of sp³-hybridized carbons (Fsp3) is 1.00. The Morgan fingerprint density at radius 1 is 1.31 bits per heavy atom. The van der Waals surface area contributed by atoms with Gasteiger partial charge in [0.15, 0.2) is 0 Å². The van der Waals surface area contributed by atoms with Crippen LogP contribution in [-0.2, 0) is 4.74 Å². The lowest BCUT2D eigenvalue weighted by molar-refractivity contribution is -0.00351. The minimum atomic E-state index is 0.493. The van der Waals surface area contributed by atoms with E-state index < -0.39 is 0 Å². The summed E-state index contributed by atoms with van der Waals surface area (Å²) < 4.78 is 5.72. The molecule has 0 bridgehead atoms. The Morgan fingerprint density at radius 2 is 2.19 bits per heavy atom. The molecule has 2 saturated heterocycles. The topological polar surface area (TPSA) is 24.5 Å². The first-order valence-corrected chi connectivity index (χ1v) is 6.84. The molecule has 0 aromatic heterocycles. The molecule has 2 aliphatic rings. The fourth-order valence-electron chi connectivity index (χ4n) is 2.95. The van der Waals surface area contributed by atoms with Crippen LogP contribution in [0.2, 0.25) is 0 Å². The lowest BCUT2D eigenvalue weighted by atomic mass is 9.98. The van der Waals surface area contributed by atoms with Crippen molar-refractivity contribution >= 4 is 0 Å². The Morgan fingerprint density at radius 3 is 2.94 bits per heavy atom. The van der Waals surface area contributed by atoms with Gasteiger partial charge in [-0.2, -0.15) is 0 Å². The number of nitrogens with one attached hydrogen (secondary N) is 1. The summed E-state index contributed by atoms with van der Waals surface area (Å²) in [6.07, 6.45) is 6.73. The lowest BCUT2D eigenvalue weighted by Crippen LogP contribution is -2.50. The van der Waals surface area contributed by atoms with E-state index in [2.05, 4.69) is 24.2 Å². The van der Waals surface area contributed by atoms with Crippen molar-refractivity contribution in [1.29, 1.82) is 0 Å². The summed E-state index contributed by atoms with van der Waals surface area (Å²) in [6, 6.07) is 1.40. The molecule has 3 unspecified atom stereocenters. The average molecular weight is 226 g/mol. The SMILES string of the molecule is CCC1CC(NC2CCCN(C)C2)CCO1. The maximum absolute atomic E-state index is 5.72. The molecule has 3 atom stereocenters. The number of piperidine rings is 1. The molecule has 16 heavy (non-hydrogen) atoms. The third-order valence-electron chi connectivity index (χ3n) is 3.92. The number of ether oxygens (including phenoxy) is 1. The second-order valence-corrected chi connectivity index (χ2v) is 5.39. The normalized spacial score (nSPS) is 37.5. The van der Waals surface area contributed by atoms with Crippen LogP contribution in [0.5, 0.6) is 0 Å². The molecule has 94 valence electrons. The van der Waals surface area contributed by atoms with E-state index in [1.54, 1.807) is 0 Å². The molecule has 1 N–H and O–H groups in total. The fourth-order valence-corrected chi connectivity index (χ4v) is 2.95. The van der Waals surface area contributed by atoms with E-state index in [1.165, 1.54) is 38.8 Å². The van der Waals surface area contributed by atoms with Crippen molar-refractivity contribution in [3.63, 3.8) is 0 Å². The van der Waals surface area contributed by atoms with Crippen molar-refractivity contribution in [2.45, 2.75) is 57.2 Å². The maximum atomic E-state index is 5.72. The Bertz CT molecular complexity index is 210. The zero-order valence-electron chi connectivity index (χ0n) is 10.7. The van der Waals surface area contributed by atoms with Gasteiger partial charge in [0.25, 0.3) is 0 Å². The minimum Gasteiger partial charge on any atom is -0.378 e. The van der Waals surface area contributed by atoms with Gasteiger partial charge >= 0.3 is 0 Å². The number of hydrogen-bond acceptors (Lipinski definition) is 3. The first-order chi connectivity index (χ1) is 7.78. The second kappa shape index (κ2) is 5.99. The molecule has 0 radical (unpaired) electrons. The predicted molar refractivity (Wildman–Crippen MR) is 66.7 cm³/mol. The smallest absolute Gasteiger partial charge is 0.0587 e. The third-order valence-corrected chi connectivity index (χ3v) is 3.92. The van der Waals surface area contributed by atoms with E-state index in [-0.39, 0.29) is 0 Å². The molecule has 0 saturated carbocycles. The van der Waals surface area contributed by atoms with Crippen LogP contribution >= 0.6 is 0 Å². The molecule has 0 spiro atoms. The molecule has 2 heterocycles. The first-order valence-electron chi connectivity index (χ1n) is 6.84. The Hall–Kier alpha value is -0.120. The molecule has 0 aliphatic carbocycles. The predicted octanol–water partition coefficient (Wildman–Crippen LogP) is 1.63. The van der Waals surface area contributed by atoms with E-state index in [0.29, 0.717) is 18.2 Å². The van der Waals surface area contributed by atoms with Gasteiger partial charge in [-0.25, -0.2) is 0 Å². The Kier molecular flexibility index (Phi) is 4.62. The van der Waals surface area contributed by atoms with Crippen molar-refractivity contribution in [1.82, 2.24) is 10.2 Å². The highest BCUT2D eigenvalue weighted by molar-refractivity contribution is 4.83. The molecule has 2 fully saturated rings. The molecule has 0 amide bonds. The van der Waals surface area contributed by atoms with Crippen LogP contribution < -0.4 is 5.32 Å².